The third-order valence-electron chi connectivity index (χ3n) is 0.879. The van der Waals surface area contributed by atoms with Crippen LogP contribution in [0.25, 0.3) is 0 Å². The van der Waals surface area contributed by atoms with Crippen molar-refractivity contribution < 1.29 is 29.6 Å². The first-order valence-corrected chi connectivity index (χ1v) is 5.68. The maximum Gasteiger partial charge on any atom is 0.0779 e. The van der Waals surface area contributed by atoms with Gasteiger partial charge in [0.2, 0.25) is 0 Å². The minimum absolute atomic E-state index is 0. The number of nitrogens with zero attached hydrogens (tertiary/aromatic N) is 1. The fraction of sp³-hybridized carbons (Fsp3) is 1.00. The lowest BCUT2D eigenvalue weighted by Crippen LogP contribution is -2.27. The first-order valence-electron chi connectivity index (χ1n) is 5.68. The van der Waals surface area contributed by atoms with Gasteiger partial charge in [0.05, 0.1) is 53.6 Å². The number of rotatable bonds is 4. The number of hydrogen-bond donors (Lipinski definition) is 2. The van der Waals surface area contributed by atoms with Crippen molar-refractivity contribution in [3.05, 3.63) is 0 Å². The molecule has 0 amide bonds. The van der Waals surface area contributed by atoms with E-state index in [1.54, 1.807) is 28.1 Å². The van der Waals surface area contributed by atoms with E-state index >= 15 is 0 Å². The van der Waals surface area contributed by atoms with Crippen molar-refractivity contribution in [2.24, 2.45) is 0 Å². The molecule has 0 aromatic heterocycles. The molecule has 0 aliphatic carbocycles. The topological polar surface area (TPSA) is 88.9 Å². The Balaban J connectivity index is -0.0000000931. The molecule has 116 valence electrons. The van der Waals surface area contributed by atoms with E-state index in [-0.39, 0.29) is 18.2 Å². The average Bonchev–Trinajstić information content (AvgIpc) is 2.12. The Labute approximate surface area is 112 Å². The summed E-state index contributed by atoms with van der Waals surface area (Å²) in [5, 5.41) is 17.1. The summed E-state index contributed by atoms with van der Waals surface area (Å²) in [6, 6.07) is 0. The molecule has 0 rings (SSSR count). The van der Waals surface area contributed by atoms with Crippen molar-refractivity contribution in [2.45, 2.75) is 26.1 Å². The molecule has 0 fully saturated rings. The lowest BCUT2D eigenvalue weighted by Gasteiger charge is -2.14. The first kappa shape index (κ1) is 26.3. The predicted molar refractivity (Wildman–Crippen MR) is 73.0 cm³/mol. The maximum absolute atomic E-state index is 8.69. The Hall–Kier alpha value is -0.240. The molecule has 0 saturated carbocycles. The Bertz CT molecular complexity index is 131. The number of quaternary nitrogens is 1. The van der Waals surface area contributed by atoms with Crippen molar-refractivity contribution >= 4 is 0 Å². The van der Waals surface area contributed by atoms with Crippen molar-refractivity contribution in [1.29, 1.82) is 0 Å². The molecule has 0 saturated heterocycles. The Morgan fingerprint density at radius 3 is 1.50 bits per heavy atom. The van der Waals surface area contributed by atoms with Crippen molar-refractivity contribution in [3.63, 3.8) is 0 Å². The summed E-state index contributed by atoms with van der Waals surface area (Å²) >= 11 is 0. The van der Waals surface area contributed by atoms with Gasteiger partial charge in [0, 0.05) is 14.2 Å². The van der Waals surface area contributed by atoms with Gasteiger partial charge in [-0.25, -0.2) is 0 Å². The molecule has 0 aromatic carbocycles. The molecule has 0 aliphatic heterocycles. The van der Waals surface area contributed by atoms with Gasteiger partial charge in [0.15, 0.2) is 0 Å². The largest absolute Gasteiger partial charge is 0.870 e. The van der Waals surface area contributed by atoms with E-state index in [1.165, 1.54) is 0 Å². The average molecular weight is 271 g/mol. The smallest absolute Gasteiger partial charge is 0.0779 e. The van der Waals surface area contributed by atoms with Crippen molar-refractivity contribution in [2.75, 3.05) is 55.6 Å². The van der Waals surface area contributed by atoms with Gasteiger partial charge in [-0.1, -0.05) is 0 Å². The summed E-state index contributed by atoms with van der Waals surface area (Å²) < 4.78 is 10.2. The number of hydrogen-bond acceptors (Lipinski definition) is 5. The second kappa shape index (κ2) is 16.8. The fourth-order valence-electron chi connectivity index (χ4n) is 0.356. The highest BCUT2D eigenvalue weighted by Crippen LogP contribution is 1.90. The zero-order valence-electron chi connectivity index (χ0n) is 13.2. The van der Waals surface area contributed by atoms with Crippen LogP contribution < -0.4 is 0 Å². The van der Waals surface area contributed by atoms with Gasteiger partial charge < -0.3 is 29.6 Å². The minimum atomic E-state index is -0.445. The van der Waals surface area contributed by atoms with Crippen LogP contribution in [0.4, 0.5) is 0 Å². The number of aliphatic hydroxyl groups excluding tert-OH is 2. The van der Waals surface area contributed by atoms with E-state index in [9.17, 15) is 0 Å². The van der Waals surface area contributed by atoms with Crippen LogP contribution in [0.1, 0.15) is 13.8 Å². The van der Waals surface area contributed by atoms with Gasteiger partial charge in [-0.2, -0.15) is 0 Å². The van der Waals surface area contributed by atoms with Crippen LogP contribution in [-0.2, 0) is 9.47 Å². The molecule has 0 bridgehead atoms. The highest BCUT2D eigenvalue weighted by atomic mass is 16.5. The SMILES string of the molecule is CC(O)COC(C)CO.COC.C[N+](C)(C)C.[OH-]. The fourth-order valence-corrected chi connectivity index (χ4v) is 0.356. The van der Waals surface area contributed by atoms with E-state index in [2.05, 4.69) is 32.9 Å². The van der Waals surface area contributed by atoms with Gasteiger partial charge in [-0.3, -0.25) is 0 Å². The molecule has 6 nitrogen and oxygen atoms in total. The predicted octanol–water partition coefficient (Wildman–Crippen LogP) is 0.173. The summed E-state index contributed by atoms with van der Waals surface area (Å²) in [7, 11) is 11.8. The van der Waals surface area contributed by atoms with Crippen LogP contribution >= 0.6 is 0 Å². The molecule has 18 heavy (non-hydrogen) atoms. The number of methoxy groups -OCH3 is 1. The Morgan fingerprint density at radius 1 is 1.06 bits per heavy atom. The molecule has 0 heterocycles. The normalized spacial score (nSPS) is 13.0. The van der Waals surface area contributed by atoms with Gasteiger partial charge in [0.1, 0.15) is 0 Å². The Morgan fingerprint density at radius 2 is 1.33 bits per heavy atom. The van der Waals surface area contributed by atoms with Crippen LogP contribution in [0.2, 0.25) is 0 Å². The lowest BCUT2D eigenvalue weighted by molar-refractivity contribution is -0.849. The number of ether oxygens (including phenoxy) is 2. The van der Waals surface area contributed by atoms with E-state index in [0.29, 0.717) is 6.61 Å². The highest BCUT2D eigenvalue weighted by molar-refractivity contribution is 4.47. The van der Waals surface area contributed by atoms with Crippen molar-refractivity contribution in [1.82, 2.24) is 0 Å². The summed E-state index contributed by atoms with van der Waals surface area (Å²) in [4.78, 5) is 0. The van der Waals surface area contributed by atoms with E-state index in [1.807, 2.05) is 0 Å². The third-order valence-corrected chi connectivity index (χ3v) is 0.879. The zero-order chi connectivity index (χ0) is 14.5. The maximum atomic E-state index is 8.69. The lowest BCUT2D eigenvalue weighted by atomic mass is 10.4. The van der Waals surface area contributed by atoms with Gasteiger partial charge in [-0.15, -0.1) is 0 Å². The molecule has 0 radical (unpaired) electrons. The minimum Gasteiger partial charge on any atom is -0.870 e. The molecule has 0 aromatic rings. The zero-order valence-corrected chi connectivity index (χ0v) is 13.2. The monoisotopic (exact) mass is 271 g/mol. The Kier molecular flexibility index (Phi) is 24.5. The quantitative estimate of drug-likeness (QED) is 0.712. The van der Waals surface area contributed by atoms with Crippen molar-refractivity contribution in [3.8, 4) is 0 Å². The molecule has 0 spiro atoms. The molecule has 0 aliphatic rings. The molecular weight excluding hydrogens is 238 g/mol. The van der Waals surface area contributed by atoms with Crippen LogP contribution in [0.15, 0.2) is 0 Å². The molecule has 3 N–H and O–H groups in total. The third kappa shape index (κ3) is 75.1. The van der Waals surface area contributed by atoms with Crippen LogP contribution in [0.5, 0.6) is 0 Å². The van der Waals surface area contributed by atoms with Crippen LogP contribution in [0, 0.1) is 0 Å². The molecular formula is C12H33NO5. The second-order valence-electron chi connectivity index (χ2n) is 5.27. The van der Waals surface area contributed by atoms with E-state index in [4.69, 9.17) is 14.9 Å². The van der Waals surface area contributed by atoms with Crippen LogP contribution in [0.3, 0.4) is 0 Å². The summed E-state index contributed by atoms with van der Waals surface area (Å²) in [5.41, 5.74) is 0. The number of aliphatic hydroxyl groups is 2. The standard InChI is InChI=1S/C6H14O3.C4H12N.C2H6O.H2O/c1-5(8)4-9-6(2)3-7;1-5(2,3)4;1-3-2;/h5-8H,3-4H2,1-2H3;1-4H3;1-2H3;1H2/q;+1;;/p-1. The van der Waals surface area contributed by atoms with Gasteiger partial charge in [0.25, 0.3) is 0 Å². The summed E-state index contributed by atoms with van der Waals surface area (Å²) in [5.74, 6) is 0. The van der Waals surface area contributed by atoms with E-state index in [0.717, 1.165) is 4.48 Å². The highest BCUT2D eigenvalue weighted by Gasteiger charge is 2.00. The van der Waals surface area contributed by atoms with Crippen LogP contribution in [-0.4, -0.2) is 88.0 Å². The second-order valence-corrected chi connectivity index (χ2v) is 5.27. The molecule has 2 atom stereocenters. The summed E-state index contributed by atoms with van der Waals surface area (Å²) in [6.45, 7) is 3.70. The summed E-state index contributed by atoms with van der Waals surface area (Å²) in [6.07, 6.45) is -0.612. The van der Waals surface area contributed by atoms with E-state index < -0.39 is 6.10 Å². The van der Waals surface area contributed by atoms with Gasteiger partial charge in [-0.05, 0) is 13.8 Å². The molecule has 2 unspecified atom stereocenters. The molecule has 6 heteroatoms. The first-order chi connectivity index (χ1) is 7.58. The van der Waals surface area contributed by atoms with Gasteiger partial charge >= 0.3 is 0 Å².